The van der Waals surface area contributed by atoms with Crippen LogP contribution in [0.5, 0.6) is 0 Å². The fourth-order valence-electron chi connectivity index (χ4n) is 4.68. The molecule has 5 nitrogen and oxygen atoms in total. The second kappa shape index (κ2) is 14.2. The van der Waals surface area contributed by atoms with Crippen molar-refractivity contribution in [2.75, 3.05) is 19.3 Å². The minimum absolute atomic E-state index is 0.0161. The number of carbonyl (C=O) groups excluding carboxylic acids is 2. The highest BCUT2D eigenvalue weighted by Crippen LogP contribution is 2.55. The quantitative estimate of drug-likeness (QED) is 0.153. The first-order chi connectivity index (χ1) is 18.7. The number of nitrogens with zero attached hydrogens (tertiary/aromatic N) is 1. The monoisotopic (exact) mass is 525 g/mol. The molecular formula is C32H34N2O3P+. The van der Waals surface area contributed by atoms with Gasteiger partial charge in [0.25, 0.3) is 0 Å². The summed E-state index contributed by atoms with van der Waals surface area (Å²) in [5.74, 6) is -0.452. The zero-order valence-electron chi connectivity index (χ0n) is 21.5. The van der Waals surface area contributed by atoms with E-state index >= 15 is 0 Å². The molecule has 0 aliphatic rings. The third-order valence-corrected chi connectivity index (χ3v) is 11.1. The Morgan fingerprint density at radius 2 is 1.29 bits per heavy atom. The summed E-state index contributed by atoms with van der Waals surface area (Å²) < 4.78 is 5.20. The highest BCUT2D eigenvalue weighted by molar-refractivity contribution is 7.95. The predicted molar refractivity (Wildman–Crippen MR) is 156 cm³/mol. The second-order valence-corrected chi connectivity index (χ2v) is 12.7. The number of ether oxygens (including phenoxy) is 1. The van der Waals surface area contributed by atoms with Gasteiger partial charge in [-0.3, -0.25) is 9.78 Å². The van der Waals surface area contributed by atoms with Gasteiger partial charge in [-0.25, -0.2) is 4.79 Å². The van der Waals surface area contributed by atoms with Gasteiger partial charge in [0.2, 0.25) is 5.91 Å². The maximum Gasteiger partial charge on any atom is 0.339 e. The van der Waals surface area contributed by atoms with Crippen LogP contribution < -0.4 is 21.2 Å². The molecule has 6 heteroatoms. The molecule has 0 bridgehead atoms. The maximum atomic E-state index is 12.3. The Morgan fingerprint density at radius 1 is 0.711 bits per heavy atom. The molecule has 1 N–H and O–H groups in total. The van der Waals surface area contributed by atoms with E-state index in [9.17, 15) is 9.59 Å². The molecule has 1 aromatic heterocycles. The summed E-state index contributed by atoms with van der Waals surface area (Å²) in [5, 5.41) is 7.00. The molecule has 38 heavy (non-hydrogen) atoms. The molecule has 1 heterocycles. The number of esters is 1. The smallest absolute Gasteiger partial charge is 0.339 e. The number of rotatable bonds is 13. The van der Waals surface area contributed by atoms with E-state index in [0.717, 1.165) is 25.4 Å². The zero-order valence-corrected chi connectivity index (χ0v) is 22.4. The number of hydrogen-bond acceptors (Lipinski definition) is 4. The van der Waals surface area contributed by atoms with E-state index in [-0.39, 0.29) is 12.5 Å². The average Bonchev–Trinajstić information content (AvgIpc) is 2.99. The number of pyridine rings is 1. The second-order valence-electron chi connectivity index (χ2n) is 9.08. The van der Waals surface area contributed by atoms with E-state index in [0.29, 0.717) is 18.5 Å². The number of nitrogens with one attached hydrogen (secondary N) is 1. The predicted octanol–water partition coefficient (Wildman–Crippen LogP) is 4.91. The van der Waals surface area contributed by atoms with Crippen LogP contribution in [0.1, 0.15) is 36.0 Å². The van der Waals surface area contributed by atoms with Crippen LogP contribution in [-0.4, -0.2) is 36.2 Å². The number of aromatic nitrogens is 1. The minimum atomic E-state index is -1.83. The van der Waals surface area contributed by atoms with Gasteiger partial charge in [-0.15, -0.1) is 0 Å². The summed E-state index contributed by atoms with van der Waals surface area (Å²) in [6, 6.07) is 36.0. The average molecular weight is 526 g/mol. The largest absolute Gasteiger partial charge is 0.460 e. The van der Waals surface area contributed by atoms with Crippen LogP contribution in [0.3, 0.4) is 0 Å². The highest BCUT2D eigenvalue weighted by Gasteiger charge is 2.44. The van der Waals surface area contributed by atoms with Crippen LogP contribution in [0.2, 0.25) is 0 Å². The fraction of sp³-hybridized carbons (Fsp3) is 0.219. The van der Waals surface area contributed by atoms with Gasteiger partial charge in [0, 0.05) is 18.8 Å². The summed E-state index contributed by atoms with van der Waals surface area (Å²) in [7, 11) is -1.83. The van der Waals surface area contributed by atoms with Crippen LogP contribution in [0.25, 0.3) is 0 Å². The number of benzene rings is 3. The lowest BCUT2D eigenvalue weighted by atomic mass is 10.2. The molecule has 0 saturated carbocycles. The molecule has 3 aromatic carbocycles. The van der Waals surface area contributed by atoms with E-state index in [1.165, 1.54) is 22.1 Å². The van der Waals surface area contributed by atoms with Gasteiger partial charge < -0.3 is 10.1 Å². The van der Waals surface area contributed by atoms with Gasteiger partial charge in [0.1, 0.15) is 29.8 Å². The molecule has 1 amide bonds. The molecule has 4 aromatic rings. The number of unbranched alkanes of at least 4 members (excludes halogenated alkanes) is 2. The lowest BCUT2D eigenvalue weighted by Gasteiger charge is -2.27. The van der Waals surface area contributed by atoms with Crippen molar-refractivity contribution in [2.24, 2.45) is 0 Å². The van der Waals surface area contributed by atoms with Crippen molar-refractivity contribution >= 4 is 35.1 Å². The summed E-state index contributed by atoms with van der Waals surface area (Å²) in [5.41, 5.74) is 0.402. The van der Waals surface area contributed by atoms with Crippen LogP contribution >= 0.6 is 7.26 Å². The van der Waals surface area contributed by atoms with Crippen LogP contribution in [0.15, 0.2) is 116 Å². The van der Waals surface area contributed by atoms with Crippen LogP contribution in [-0.2, 0) is 9.53 Å². The van der Waals surface area contributed by atoms with E-state index in [1.54, 1.807) is 18.3 Å². The summed E-state index contributed by atoms with van der Waals surface area (Å²) in [6.45, 7) is 0.438. The third kappa shape index (κ3) is 7.14. The van der Waals surface area contributed by atoms with Gasteiger partial charge in [-0.2, -0.15) is 0 Å². The van der Waals surface area contributed by atoms with Gasteiger partial charge in [0.15, 0.2) is 0 Å². The molecule has 0 aliphatic heterocycles. The third-order valence-electron chi connectivity index (χ3n) is 6.54. The Kier molecular flexibility index (Phi) is 10.2. The van der Waals surface area contributed by atoms with Crippen LogP contribution in [0.4, 0.5) is 0 Å². The van der Waals surface area contributed by atoms with E-state index in [2.05, 4.69) is 101 Å². The highest BCUT2D eigenvalue weighted by atomic mass is 31.2. The molecule has 0 atom stereocenters. The lowest BCUT2D eigenvalue weighted by molar-refractivity contribution is -0.121. The number of hydrogen-bond donors (Lipinski definition) is 1. The van der Waals surface area contributed by atoms with Crippen molar-refractivity contribution in [2.45, 2.75) is 25.7 Å². The Bertz CT molecular complexity index is 1170. The summed E-state index contributed by atoms with van der Waals surface area (Å²) in [4.78, 5) is 28.2. The zero-order chi connectivity index (χ0) is 26.5. The molecular weight excluding hydrogens is 491 g/mol. The fourth-order valence-corrected chi connectivity index (χ4v) is 9.09. The molecule has 0 unspecified atom stereocenters. The summed E-state index contributed by atoms with van der Waals surface area (Å²) in [6.07, 6.45) is 7.40. The molecule has 194 valence electrons. The molecule has 0 saturated heterocycles. The standard InChI is InChI=1S/C32H33N2O3P/c35-31(34-23-24-37-32(36)27-14-13-22-33-26-27)21-11-4-12-25-38(28-15-5-1-6-16-28,29-17-7-2-8-18-29)30-19-9-3-10-20-30/h1-3,5-10,13-20,22,26H,4,11-12,21,23-25H2/p+1. The van der Waals surface area contributed by atoms with Crippen molar-refractivity contribution < 1.29 is 14.3 Å². The Balaban J connectivity index is 1.30. The molecule has 0 fully saturated rings. The normalized spacial score (nSPS) is 11.1. The maximum absolute atomic E-state index is 12.3. The van der Waals surface area contributed by atoms with Crippen molar-refractivity contribution in [3.8, 4) is 0 Å². The minimum Gasteiger partial charge on any atom is -0.460 e. The van der Waals surface area contributed by atoms with Gasteiger partial charge in [-0.05, 0) is 67.8 Å². The van der Waals surface area contributed by atoms with Crippen LogP contribution in [0, 0.1) is 0 Å². The molecule has 4 rings (SSSR count). The Morgan fingerprint density at radius 3 is 1.82 bits per heavy atom. The topological polar surface area (TPSA) is 68.3 Å². The van der Waals surface area contributed by atoms with Crippen molar-refractivity contribution in [1.82, 2.24) is 10.3 Å². The molecule has 0 spiro atoms. The summed E-state index contributed by atoms with van der Waals surface area (Å²) >= 11 is 0. The first kappa shape index (κ1) is 27.2. The van der Waals surface area contributed by atoms with E-state index in [1.807, 2.05) is 0 Å². The van der Waals surface area contributed by atoms with Crippen molar-refractivity contribution in [1.29, 1.82) is 0 Å². The molecule has 0 radical (unpaired) electrons. The SMILES string of the molecule is O=C(CCCCC[P+](c1ccccc1)(c1ccccc1)c1ccccc1)NCCOC(=O)c1cccnc1. The molecule has 0 aliphatic carbocycles. The lowest BCUT2D eigenvalue weighted by Crippen LogP contribution is -2.33. The Labute approximate surface area is 225 Å². The van der Waals surface area contributed by atoms with Gasteiger partial charge in [-0.1, -0.05) is 54.6 Å². The number of amides is 1. The Hall–Kier alpha value is -3.82. The van der Waals surface area contributed by atoms with Crippen molar-refractivity contribution in [3.63, 3.8) is 0 Å². The first-order valence-electron chi connectivity index (χ1n) is 13.1. The van der Waals surface area contributed by atoms with Gasteiger partial charge >= 0.3 is 5.97 Å². The van der Waals surface area contributed by atoms with E-state index in [4.69, 9.17) is 4.74 Å². The van der Waals surface area contributed by atoms with E-state index < -0.39 is 13.2 Å². The number of carbonyl (C=O) groups is 2. The first-order valence-corrected chi connectivity index (χ1v) is 15.1. The van der Waals surface area contributed by atoms with Gasteiger partial charge in [0.05, 0.1) is 18.3 Å². The van der Waals surface area contributed by atoms with Crippen molar-refractivity contribution in [3.05, 3.63) is 121 Å².